The lowest BCUT2D eigenvalue weighted by Crippen LogP contribution is -2.30. The molecule has 2 heterocycles. The van der Waals surface area contributed by atoms with E-state index in [-0.39, 0.29) is 16.6 Å². The van der Waals surface area contributed by atoms with E-state index < -0.39 is 10.0 Å². The third-order valence-electron chi connectivity index (χ3n) is 5.87. The first-order chi connectivity index (χ1) is 18.3. The predicted octanol–water partition coefficient (Wildman–Crippen LogP) is 5.05. The van der Waals surface area contributed by atoms with Crippen LogP contribution in [-0.2, 0) is 14.8 Å². The maximum atomic E-state index is 12.8. The molecule has 0 aliphatic carbocycles. The number of rotatable bonds is 10. The number of carbonyl (C=O) groups is 1. The fourth-order valence-electron chi connectivity index (χ4n) is 3.86. The number of pyridine rings is 1. The Morgan fingerprint density at radius 2 is 1.71 bits per heavy atom. The van der Waals surface area contributed by atoms with E-state index in [0.29, 0.717) is 34.8 Å². The minimum absolute atomic E-state index is 0.0631. The van der Waals surface area contributed by atoms with Gasteiger partial charge in [-0.25, -0.2) is 8.42 Å². The second-order valence-electron chi connectivity index (χ2n) is 8.21. The SMILES string of the molecule is CCN(CC)S(=O)(=O)c1ccc(NC(=O)CSc2nnc(-c3ccncc3)n2-c2cccc(Cl)c2C)cc1. The average molecular weight is 571 g/mol. The van der Waals surface area contributed by atoms with E-state index >= 15 is 0 Å². The van der Waals surface area contributed by atoms with Crippen molar-refractivity contribution in [3.05, 3.63) is 77.6 Å². The van der Waals surface area contributed by atoms with Crippen molar-refractivity contribution in [1.82, 2.24) is 24.1 Å². The second kappa shape index (κ2) is 12.1. The molecule has 0 saturated carbocycles. The molecule has 0 spiro atoms. The van der Waals surface area contributed by atoms with Crippen LogP contribution in [0, 0.1) is 6.92 Å². The van der Waals surface area contributed by atoms with Gasteiger partial charge in [0, 0.05) is 41.8 Å². The zero-order valence-electron chi connectivity index (χ0n) is 21.1. The van der Waals surface area contributed by atoms with Crippen LogP contribution < -0.4 is 5.32 Å². The van der Waals surface area contributed by atoms with Gasteiger partial charge in [-0.15, -0.1) is 10.2 Å². The number of carbonyl (C=O) groups excluding carboxylic acids is 1. The largest absolute Gasteiger partial charge is 0.325 e. The van der Waals surface area contributed by atoms with Crippen LogP contribution in [-0.4, -0.2) is 57.2 Å². The minimum Gasteiger partial charge on any atom is -0.325 e. The fraction of sp³-hybridized carbons (Fsp3) is 0.231. The molecule has 1 amide bonds. The summed E-state index contributed by atoms with van der Waals surface area (Å²) in [5.74, 6) is 0.399. The van der Waals surface area contributed by atoms with Gasteiger partial charge in [-0.1, -0.05) is 43.3 Å². The molecular formula is C26H27ClN6O3S2. The van der Waals surface area contributed by atoms with Crippen molar-refractivity contribution in [3.63, 3.8) is 0 Å². The predicted molar refractivity (Wildman–Crippen MR) is 150 cm³/mol. The van der Waals surface area contributed by atoms with E-state index in [1.807, 2.05) is 41.8 Å². The Bertz CT molecular complexity index is 1520. The van der Waals surface area contributed by atoms with E-state index in [0.717, 1.165) is 16.8 Å². The highest BCUT2D eigenvalue weighted by atomic mass is 35.5. The smallest absolute Gasteiger partial charge is 0.243 e. The van der Waals surface area contributed by atoms with Crippen LogP contribution in [0.15, 0.2) is 77.0 Å². The van der Waals surface area contributed by atoms with Gasteiger partial charge in [0.05, 0.1) is 16.3 Å². The van der Waals surface area contributed by atoms with Crippen molar-refractivity contribution in [2.24, 2.45) is 0 Å². The Hall–Kier alpha value is -3.25. The lowest BCUT2D eigenvalue weighted by atomic mass is 10.2. The van der Waals surface area contributed by atoms with Gasteiger partial charge in [0.25, 0.3) is 0 Å². The van der Waals surface area contributed by atoms with E-state index in [4.69, 9.17) is 11.6 Å². The molecule has 2 aromatic carbocycles. The summed E-state index contributed by atoms with van der Waals surface area (Å²) in [6.07, 6.45) is 3.36. The number of amides is 1. The number of anilines is 1. The first-order valence-corrected chi connectivity index (χ1v) is 14.7. The lowest BCUT2D eigenvalue weighted by molar-refractivity contribution is -0.113. The van der Waals surface area contributed by atoms with Crippen LogP contribution in [0.4, 0.5) is 5.69 Å². The van der Waals surface area contributed by atoms with Gasteiger partial charge in [0.15, 0.2) is 11.0 Å². The number of thioether (sulfide) groups is 1. The van der Waals surface area contributed by atoms with Crippen LogP contribution in [0.5, 0.6) is 0 Å². The maximum absolute atomic E-state index is 12.8. The summed E-state index contributed by atoms with van der Waals surface area (Å²) in [6, 6.07) is 15.4. The first kappa shape index (κ1) is 27.8. The number of benzene rings is 2. The van der Waals surface area contributed by atoms with Crippen LogP contribution in [0.3, 0.4) is 0 Å². The maximum Gasteiger partial charge on any atom is 0.243 e. The minimum atomic E-state index is -3.57. The van der Waals surface area contributed by atoms with Gasteiger partial charge in [-0.05, 0) is 61.0 Å². The van der Waals surface area contributed by atoms with Crippen molar-refractivity contribution in [3.8, 4) is 17.1 Å². The molecule has 9 nitrogen and oxygen atoms in total. The molecule has 0 aliphatic heterocycles. The van der Waals surface area contributed by atoms with Crippen molar-refractivity contribution in [2.45, 2.75) is 30.8 Å². The highest BCUT2D eigenvalue weighted by Gasteiger charge is 2.22. The molecule has 38 heavy (non-hydrogen) atoms. The number of sulfonamides is 1. The molecule has 0 fully saturated rings. The summed E-state index contributed by atoms with van der Waals surface area (Å²) in [6.45, 7) is 6.27. The van der Waals surface area contributed by atoms with Crippen LogP contribution in [0.25, 0.3) is 17.1 Å². The van der Waals surface area contributed by atoms with Gasteiger partial charge in [-0.3, -0.25) is 14.3 Å². The quantitative estimate of drug-likeness (QED) is 0.266. The van der Waals surface area contributed by atoms with E-state index in [1.165, 1.54) is 28.2 Å². The lowest BCUT2D eigenvalue weighted by Gasteiger charge is -2.18. The first-order valence-electron chi connectivity index (χ1n) is 11.9. The number of hydrogen-bond donors (Lipinski definition) is 1. The summed E-state index contributed by atoms with van der Waals surface area (Å²) in [4.78, 5) is 17.0. The van der Waals surface area contributed by atoms with Crippen LogP contribution >= 0.6 is 23.4 Å². The molecular weight excluding hydrogens is 544 g/mol. The molecule has 12 heteroatoms. The topological polar surface area (TPSA) is 110 Å². The number of nitrogens with zero attached hydrogens (tertiary/aromatic N) is 5. The Kier molecular flexibility index (Phi) is 8.83. The molecule has 0 bridgehead atoms. The van der Waals surface area contributed by atoms with Gasteiger partial charge < -0.3 is 5.32 Å². The third kappa shape index (κ3) is 5.91. The van der Waals surface area contributed by atoms with Crippen molar-refractivity contribution >= 4 is 45.0 Å². The van der Waals surface area contributed by atoms with Crippen LogP contribution in [0.1, 0.15) is 19.4 Å². The Morgan fingerprint density at radius 1 is 1.03 bits per heavy atom. The highest BCUT2D eigenvalue weighted by Crippen LogP contribution is 2.31. The molecule has 0 saturated heterocycles. The Balaban J connectivity index is 1.53. The number of nitrogens with one attached hydrogen (secondary N) is 1. The van der Waals surface area contributed by atoms with E-state index in [1.54, 1.807) is 38.4 Å². The number of aromatic nitrogens is 4. The molecule has 0 radical (unpaired) electrons. The van der Waals surface area contributed by atoms with Gasteiger partial charge in [0.2, 0.25) is 15.9 Å². The number of halogens is 1. The van der Waals surface area contributed by atoms with Gasteiger partial charge in [-0.2, -0.15) is 4.31 Å². The second-order valence-corrected chi connectivity index (χ2v) is 11.5. The monoisotopic (exact) mass is 570 g/mol. The summed E-state index contributed by atoms with van der Waals surface area (Å²) in [7, 11) is -3.57. The summed E-state index contributed by atoms with van der Waals surface area (Å²) in [5, 5.41) is 12.7. The van der Waals surface area contributed by atoms with Gasteiger partial charge in [0.1, 0.15) is 0 Å². The Morgan fingerprint density at radius 3 is 2.37 bits per heavy atom. The third-order valence-corrected chi connectivity index (χ3v) is 9.27. The molecule has 0 unspecified atom stereocenters. The molecule has 4 aromatic rings. The molecule has 2 aromatic heterocycles. The standard InChI is InChI=1S/C26H27ClN6O3S2/c1-4-32(5-2)38(35,36)21-11-9-20(10-12-21)29-24(34)17-37-26-31-30-25(19-13-15-28-16-14-19)33(26)23-8-6-7-22(27)18(23)3/h6-16H,4-5,17H2,1-3H3,(H,29,34). The summed E-state index contributed by atoms with van der Waals surface area (Å²) >= 11 is 7.63. The van der Waals surface area contributed by atoms with Crippen LogP contribution in [0.2, 0.25) is 5.02 Å². The fourth-order valence-corrected chi connectivity index (χ4v) is 6.23. The highest BCUT2D eigenvalue weighted by molar-refractivity contribution is 7.99. The van der Waals surface area contributed by atoms with Crippen molar-refractivity contribution < 1.29 is 13.2 Å². The number of hydrogen-bond acceptors (Lipinski definition) is 7. The Labute approximate surface area is 231 Å². The average Bonchev–Trinajstić information content (AvgIpc) is 3.34. The molecule has 4 rings (SSSR count). The molecule has 198 valence electrons. The van der Waals surface area contributed by atoms with E-state index in [2.05, 4.69) is 20.5 Å². The zero-order chi connectivity index (χ0) is 27.3. The van der Waals surface area contributed by atoms with E-state index in [9.17, 15) is 13.2 Å². The normalized spacial score (nSPS) is 11.6. The summed E-state index contributed by atoms with van der Waals surface area (Å²) in [5.41, 5.74) is 2.99. The van der Waals surface area contributed by atoms with Crippen molar-refractivity contribution in [1.29, 1.82) is 0 Å². The zero-order valence-corrected chi connectivity index (χ0v) is 23.5. The molecule has 0 aliphatic rings. The summed E-state index contributed by atoms with van der Waals surface area (Å²) < 4.78 is 28.6. The molecule has 1 N–H and O–H groups in total. The molecule has 0 atom stereocenters. The van der Waals surface area contributed by atoms with Gasteiger partial charge >= 0.3 is 0 Å². The van der Waals surface area contributed by atoms with Crippen molar-refractivity contribution in [2.75, 3.05) is 24.2 Å².